The summed E-state index contributed by atoms with van der Waals surface area (Å²) in [6, 6.07) is 6.79. The summed E-state index contributed by atoms with van der Waals surface area (Å²) in [4.78, 5) is 23.3. The third kappa shape index (κ3) is 4.47. The van der Waals surface area contributed by atoms with Crippen molar-refractivity contribution in [2.24, 2.45) is 5.73 Å². The molecule has 1 rings (SSSR count). The molecule has 0 aliphatic carbocycles. The zero-order chi connectivity index (χ0) is 15.1. The summed E-state index contributed by atoms with van der Waals surface area (Å²) in [5.41, 5.74) is 5.28. The largest absolute Gasteiger partial charge is 0.494 e. The highest BCUT2D eigenvalue weighted by molar-refractivity contribution is 6.30. The number of carbonyl (C=O) groups excluding carboxylic acids is 2. The predicted molar refractivity (Wildman–Crippen MR) is 73.8 cm³/mol. The molecular weight excluding hydrogens is 284 g/mol. The molecule has 6 nitrogen and oxygen atoms in total. The molecule has 0 aliphatic rings. The van der Waals surface area contributed by atoms with Crippen LogP contribution in [-0.2, 0) is 20.9 Å². The number of aliphatic hydroxyl groups excluding tert-OH is 1. The zero-order valence-corrected chi connectivity index (χ0v) is 11.6. The number of benzene rings is 1. The van der Waals surface area contributed by atoms with E-state index < -0.39 is 23.3 Å². The summed E-state index contributed by atoms with van der Waals surface area (Å²) in [7, 11) is 0. The van der Waals surface area contributed by atoms with Gasteiger partial charge in [-0.1, -0.05) is 23.7 Å². The molecule has 1 aromatic carbocycles. The predicted octanol–water partition coefficient (Wildman–Crippen LogP) is 1.25. The van der Waals surface area contributed by atoms with E-state index in [9.17, 15) is 14.7 Å². The van der Waals surface area contributed by atoms with Gasteiger partial charge >= 0.3 is 5.97 Å². The molecule has 0 fully saturated rings. The van der Waals surface area contributed by atoms with Gasteiger partial charge in [-0.15, -0.1) is 0 Å². The molecule has 0 bridgehead atoms. The quantitative estimate of drug-likeness (QED) is 0.250. The van der Waals surface area contributed by atoms with Crippen LogP contribution in [0.3, 0.4) is 0 Å². The molecule has 0 aliphatic heterocycles. The van der Waals surface area contributed by atoms with Crippen LogP contribution in [0.4, 0.5) is 0 Å². The number of ether oxygens (including phenoxy) is 1. The molecule has 1 aromatic rings. The van der Waals surface area contributed by atoms with Crippen LogP contribution in [0.15, 0.2) is 35.7 Å². The highest BCUT2D eigenvalue weighted by Gasteiger charge is 2.23. The van der Waals surface area contributed by atoms with E-state index in [1.807, 2.05) is 0 Å². The lowest BCUT2D eigenvalue weighted by molar-refractivity contribution is -0.140. The van der Waals surface area contributed by atoms with Gasteiger partial charge < -0.3 is 20.9 Å². The van der Waals surface area contributed by atoms with Crippen LogP contribution in [0.1, 0.15) is 12.5 Å². The van der Waals surface area contributed by atoms with E-state index in [1.165, 1.54) is 0 Å². The number of rotatable bonds is 5. The first-order valence-corrected chi connectivity index (χ1v) is 6.22. The van der Waals surface area contributed by atoms with E-state index in [0.717, 1.165) is 5.56 Å². The Balaban J connectivity index is 2.71. The standard InChI is InChI=1S/C13H15ClN2O4/c1-2-20-13(19)10(11(15)17)12(18)16-7-8-3-5-9(14)6-4-8/h3-6,17H,2,7,15H2,1H3,(H,16,18)/b11-10-. The number of nitrogens with two attached hydrogens (primary N) is 1. The fraction of sp³-hybridized carbons (Fsp3) is 0.231. The molecule has 0 aromatic heterocycles. The van der Waals surface area contributed by atoms with Crippen molar-refractivity contribution in [3.63, 3.8) is 0 Å². The van der Waals surface area contributed by atoms with E-state index in [1.54, 1.807) is 31.2 Å². The lowest BCUT2D eigenvalue weighted by atomic mass is 10.2. The molecule has 0 saturated carbocycles. The van der Waals surface area contributed by atoms with Crippen LogP contribution in [0.5, 0.6) is 0 Å². The number of nitrogens with one attached hydrogen (secondary N) is 1. The maximum Gasteiger partial charge on any atom is 0.349 e. The second-order valence-electron chi connectivity index (χ2n) is 3.79. The van der Waals surface area contributed by atoms with Gasteiger partial charge in [0.25, 0.3) is 5.91 Å². The molecule has 0 atom stereocenters. The first kappa shape index (κ1) is 15.8. The Morgan fingerprint density at radius 1 is 1.35 bits per heavy atom. The van der Waals surface area contributed by atoms with Crippen LogP contribution in [-0.4, -0.2) is 23.6 Å². The molecule has 20 heavy (non-hydrogen) atoms. The van der Waals surface area contributed by atoms with Crippen molar-refractivity contribution in [3.05, 3.63) is 46.3 Å². The number of esters is 1. The molecule has 0 unspecified atom stereocenters. The van der Waals surface area contributed by atoms with E-state index in [-0.39, 0.29) is 13.2 Å². The summed E-state index contributed by atoms with van der Waals surface area (Å²) in [6.45, 7) is 1.81. The summed E-state index contributed by atoms with van der Waals surface area (Å²) < 4.78 is 4.64. The van der Waals surface area contributed by atoms with Crippen molar-refractivity contribution >= 4 is 23.5 Å². The Morgan fingerprint density at radius 3 is 2.45 bits per heavy atom. The van der Waals surface area contributed by atoms with Gasteiger partial charge in [0.2, 0.25) is 5.88 Å². The number of aliphatic hydroxyl groups is 1. The second kappa shape index (κ2) is 7.40. The topological polar surface area (TPSA) is 102 Å². The maximum absolute atomic E-state index is 11.8. The average molecular weight is 299 g/mol. The molecule has 7 heteroatoms. The van der Waals surface area contributed by atoms with Crippen LogP contribution in [0, 0.1) is 0 Å². The Kier molecular flexibility index (Phi) is 5.86. The van der Waals surface area contributed by atoms with Crippen molar-refractivity contribution in [2.45, 2.75) is 13.5 Å². The number of halogens is 1. The average Bonchev–Trinajstić information content (AvgIpc) is 2.38. The van der Waals surface area contributed by atoms with Gasteiger partial charge in [-0.3, -0.25) is 4.79 Å². The summed E-state index contributed by atoms with van der Waals surface area (Å²) in [6.07, 6.45) is 0. The Bertz CT molecular complexity index is 522. The Morgan fingerprint density at radius 2 is 1.95 bits per heavy atom. The Hall–Kier alpha value is -2.21. The fourth-order valence-corrected chi connectivity index (χ4v) is 1.52. The van der Waals surface area contributed by atoms with Gasteiger partial charge in [0.15, 0.2) is 5.57 Å². The lowest BCUT2D eigenvalue weighted by Crippen LogP contribution is -2.31. The van der Waals surface area contributed by atoms with Gasteiger partial charge in [0.05, 0.1) is 6.61 Å². The number of carbonyl (C=O) groups is 2. The monoisotopic (exact) mass is 298 g/mol. The number of amides is 1. The first-order valence-electron chi connectivity index (χ1n) is 5.84. The Labute approximate surface area is 121 Å². The van der Waals surface area contributed by atoms with Gasteiger partial charge in [-0.05, 0) is 24.6 Å². The number of hydrogen-bond donors (Lipinski definition) is 3. The number of hydrogen-bond acceptors (Lipinski definition) is 5. The van der Waals surface area contributed by atoms with Crippen molar-refractivity contribution in [3.8, 4) is 0 Å². The minimum Gasteiger partial charge on any atom is -0.494 e. The molecule has 0 saturated heterocycles. The molecule has 0 spiro atoms. The lowest BCUT2D eigenvalue weighted by Gasteiger charge is -2.09. The van der Waals surface area contributed by atoms with Crippen molar-refractivity contribution in [1.82, 2.24) is 5.32 Å². The summed E-state index contributed by atoms with van der Waals surface area (Å²) in [5.74, 6) is -2.66. The van der Waals surface area contributed by atoms with Gasteiger partial charge in [0, 0.05) is 11.6 Å². The van der Waals surface area contributed by atoms with Crippen LogP contribution in [0.2, 0.25) is 5.02 Å². The van der Waals surface area contributed by atoms with E-state index in [0.29, 0.717) is 5.02 Å². The highest BCUT2D eigenvalue weighted by atomic mass is 35.5. The van der Waals surface area contributed by atoms with Gasteiger partial charge in [0.1, 0.15) is 0 Å². The third-order valence-electron chi connectivity index (χ3n) is 2.33. The van der Waals surface area contributed by atoms with Gasteiger partial charge in [-0.2, -0.15) is 0 Å². The minimum atomic E-state index is -0.971. The van der Waals surface area contributed by atoms with E-state index in [4.69, 9.17) is 17.3 Å². The van der Waals surface area contributed by atoms with Crippen molar-refractivity contribution in [2.75, 3.05) is 6.61 Å². The smallest absolute Gasteiger partial charge is 0.349 e. The molecule has 0 radical (unpaired) electrons. The van der Waals surface area contributed by atoms with Crippen molar-refractivity contribution < 1.29 is 19.4 Å². The molecular formula is C13H15ClN2O4. The zero-order valence-electron chi connectivity index (χ0n) is 10.9. The minimum absolute atomic E-state index is 0.0695. The van der Waals surface area contributed by atoms with Crippen molar-refractivity contribution in [1.29, 1.82) is 0 Å². The molecule has 1 amide bonds. The normalized spacial score (nSPS) is 11.5. The first-order chi connectivity index (χ1) is 9.45. The van der Waals surface area contributed by atoms with Crippen LogP contribution < -0.4 is 11.1 Å². The second-order valence-corrected chi connectivity index (χ2v) is 4.23. The third-order valence-corrected chi connectivity index (χ3v) is 2.58. The highest BCUT2D eigenvalue weighted by Crippen LogP contribution is 2.09. The molecule has 4 N–H and O–H groups in total. The molecule has 108 valence electrons. The van der Waals surface area contributed by atoms with E-state index >= 15 is 0 Å². The molecule has 0 heterocycles. The summed E-state index contributed by atoms with van der Waals surface area (Å²) in [5, 5.41) is 12.2. The maximum atomic E-state index is 11.8. The van der Waals surface area contributed by atoms with E-state index in [2.05, 4.69) is 10.1 Å². The fourth-order valence-electron chi connectivity index (χ4n) is 1.39. The SMILES string of the molecule is CCOC(=O)/C(C(=O)NCc1ccc(Cl)cc1)=C(/N)O. The van der Waals surface area contributed by atoms with Crippen LogP contribution in [0.25, 0.3) is 0 Å². The summed E-state index contributed by atoms with van der Waals surface area (Å²) >= 11 is 5.74. The van der Waals surface area contributed by atoms with Gasteiger partial charge in [-0.25, -0.2) is 4.79 Å². The van der Waals surface area contributed by atoms with Crippen LogP contribution >= 0.6 is 11.6 Å².